The largest absolute Gasteiger partial charge is 0.324 e. The topological polar surface area (TPSA) is 41.1 Å². The zero-order valence-corrected chi connectivity index (χ0v) is 11.1. The van der Waals surface area contributed by atoms with E-state index in [1.54, 1.807) is 11.8 Å². The molecule has 3 nitrogen and oxygen atoms in total. The lowest BCUT2D eigenvalue weighted by Gasteiger charge is -2.13. The normalized spacial score (nSPS) is 18.6. The summed E-state index contributed by atoms with van der Waals surface area (Å²) in [6.07, 6.45) is 3.86. The van der Waals surface area contributed by atoms with Gasteiger partial charge in [0.15, 0.2) is 0 Å². The van der Waals surface area contributed by atoms with Crippen molar-refractivity contribution in [1.82, 2.24) is 5.32 Å². The number of rotatable bonds is 5. The Labute approximate surface area is 112 Å². The van der Waals surface area contributed by atoms with Gasteiger partial charge in [-0.2, -0.15) is 0 Å². The van der Waals surface area contributed by atoms with E-state index < -0.39 is 0 Å². The minimum atomic E-state index is -0.0394. The third-order valence-electron chi connectivity index (χ3n) is 2.88. The molecule has 0 aromatic heterocycles. The van der Waals surface area contributed by atoms with Gasteiger partial charge < -0.3 is 10.6 Å². The zero-order chi connectivity index (χ0) is 12.8. The fourth-order valence-electron chi connectivity index (χ4n) is 1.97. The van der Waals surface area contributed by atoms with Gasteiger partial charge in [0, 0.05) is 10.6 Å². The van der Waals surface area contributed by atoms with Crippen LogP contribution in [0.5, 0.6) is 0 Å². The molecule has 2 N–H and O–H groups in total. The molecule has 1 saturated heterocycles. The lowest BCUT2D eigenvalue weighted by molar-refractivity contribution is -0.117. The Morgan fingerprint density at radius 2 is 2.39 bits per heavy atom. The number of benzene rings is 1. The molecule has 1 fully saturated rings. The Hall–Kier alpha value is -1.26. The minimum absolute atomic E-state index is 0.0394. The van der Waals surface area contributed by atoms with Crippen LogP contribution in [0.4, 0.5) is 5.69 Å². The second kappa shape index (κ2) is 6.61. The second-order valence-corrected chi connectivity index (χ2v) is 5.30. The van der Waals surface area contributed by atoms with Crippen molar-refractivity contribution in [3.05, 3.63) is 36.9 Å². The maximum atomic E-state index is 12.0. The molecule has 0 saturated carbocycles. The molecule has 1 amide bonds. The molecular weight excluding hydrogens is 244 g/mol. The predicted octanol–water partition coefficient (Wildman–Crippen LogP) is 2.66. The van der Waals surface area contributed by atoms with Crippen LogP contribution >= 0.6 is 11.8 Å². The summed E-state index contributed by atoms with van der Waals surface area (Å²) in [5, 5.41) is 6.21. The number of hydrogen-bond donors (Lipinski definition) is 2. The zero-order valence-electron chi connectivity index (χ0n) is 10.3. The van der Waals surface area contributed by atoms with E-state index in [-0.39, 0.29) is 11.9 Å². The van der Waals surface area contributed by atoms with Crippen molar-refractivity contribution in [3.8, 4) is 0 Å². The summed E-state index contributed by atoms with van der Waals surface area (Å²) in [6, 6.07) is 7.84. The minimum Gasteiger partial charge on any atom is -0.324 e. The van der Waals surface area contributed by atoms with Crippen LogP contribution in [0.25, 0.3) is 0 Å². The van der Waals surface area contributed by atoms with Gasteiger partial charge in [-0.3, -0.25) is 4.79 Å². The molecule has 0 bridgehead atoms. The maximum absolute atomic E-state index is 12.0. The number of carbonyl (C=O) groups is 1. The van der Waals surface area contributed by atoms with Crippen LogP contribution in [0.1, 0.15) is 12.8 Å². The summed E-state index contributed by atoms with van der Waals surface area (Å²) in [4.78, 5) is 13.1. The molecule has 1 aliphatic rings. The molecule has 1 aliphatic heterocycles. The van der Waals surface area contributed by atoms with Crippen molar-refractivity contribution in [2.75, 3.05) is 17.6 Å². The Morgan fingerprint density at radius 3 is 3.11 bits per heavy atom. The maximum Gasteiger partial charge on any atom is 0.241 e. The monoisotopic (exact) mass is 262 g/mol. The summed E-state index contributed by atoms with van der Waals surface area (Å²) in [5.74, 6) is 0.910. The van der Waals surface area contributed by atoms with Gasteiger partial charge in [0.2, 0.25) is 5.91 Å². The summed E-state index contributed by atoms with van der Waals surface area (Å²) >= 11 is 1.68. The highest BCUT2D eigenvalue weighted by Crippen LogP contribution is 2.27. The van der Waals surface area contributed by atoms with Crippen molar-refractivity contribution >= 4 is 23.4 Å². The molecule has 1 atom stereocenters. The smallest absolute Gasteiger partial charge is 0.241 e. The first-order chi connectivity index (χ1) is 8.81. The van der Waals surface area contributed by atoms with Crippen LogP contribution in [-0.4, -0.2) is 24.2 Å². The summed E-state index contributed by atoms with van der Waals surface area (Å²) in [5.41, 5.74) is 0.892. The van der Waals surface area contributed by atoms with E-state index in [1.807, 2.05) is 30.3 Å². The van der Waals surface area contributed by atoms with Crippen molar-refractivity contribution in [1.29, 1.82) is 0 Å². The standard InChI is InChI=1S/C14H18N2OS/c1-2-10-18-13-8-4-3-6-11(13)16-14(17)12-7-5-9-15-12/h2-4,6,8,12,15H,1,5,7,9-10H2,(H,16,17). The van der Waals surface area contributed by atoms with Gasteiger partial charge >= 0.3 is 0 Å². The Kier molecular flexibility index (Phi) is 4.84. The number of hydrogen-bond acceptors (Lipinski definition) is 3. The van der Waals surface area contributed by atoms with Gasteiger partial charge in [-0.25, -0.2) is 0 Å². The van der Waals surface area contributed by atoms with Crippen molar-refractivity contribution in [2.45, 2.75) is 23.8 Å². The van der Waals surface area contributed by atoms with Crippen molar-refractivity contribution < 1.29 is 4.79 Å². The van der Waals surface area contributed by atoms with Gasteiger partial charge in [-0.05, 0) is 31.5 Å². The number of nitrogens with one attached hydrogen (secondary N) is 2. The van der Waals surface area contributed by atoms with Crippen LogP contribution in [0, 0.1) is 0 Å². The fraction of sp³-hybridized carbons (Fsp3) is 0.357. The van der Waals surface area contributed by atoms with E-state index in [0.29, 0.717) is 0 Å². The molecular formula is C14H18N2OS. The van der Waals surface area contributed by atoms with Gasteiger partial charge in [-0.15, -0.1) is 18.3 Å². The Morgan fingerprint density at radius 1 is 1.56 bits per heavy atom. The van der Waals surface area contributed by atoms with Crippen LogP contribution in [0.3, 0.4) is 0 Å². The average Bonchev–Trinajstić information content (AvgIpc) is 2.91. The molecule has 1 aromatic carbocycles. The molecule has 1 unspecified atom stereocenters. The molecule has 1 heterocycles. The number of para-hydroxylation sites is 1. The first-order valence-corrected chi connectivity index (χ1v) is 7.17. The SMILES string of the molecule is C=CCSc1ccccc1NC(=O)C1CCCN1. The number of carbonyl (C=O) groups excluding carboxylic acids is 1. The van der Waals surface area contributed by atoms with Crippen LogP contribution < -0.4 is 10.6 Å². The van der Waals surface area contributed by atoms with E-state index in [2.05, 4.69) is 17.2 Å². The van der Waals surface area contributed by atoms with Crippen molar-refractivity contribution in [2.24, 2.45) is 0 Å². The molecule has 4 heteroatoms. The average molecular weight is 262 g/mol. The van der Waals surface area contributed by atoms with E-state index in [9.17, 15) is 4.79 Å². The molecule has 96 valence electrons. The predicted molar refractivity (Wildman–Crippen MR) is 77.0 cm³/mol. The highest BCUT2D eigenvalue weighted by atomic mass is 32.2. The van der Waals surface area contributed by atoms with Gasteiger partial charge in [0.05, 0.1) is 11.7 Å². The highest BCUT2D eigenvalue weighted by Gasteiger charge is 2.22. The van der Waals surface area contributed by atoms with Crippen LogP contribution in [0.15, 0.2) is 41.8 Å². The lowest BCUT2D eigenvalue weighted by Crippen LogP contribution is -2.35. The third-order valence-corrected chi connectivity index (χ3v) is 3.95. The summed E-state index contributed by atoms with van der Waals surface area (Å²) in [6.45, 7) is 4.65. The summed E-state index contributed by atoms with van der Waals surface area (Å²) in [7, 11) is 0. The number of amides is 1. The highest BCUT2D eigenvalue weighted by molar-refractivity contribution is 7.99. The fourth-order valence-corrected chi connectivity index (χ4v) is 2.72. The molecule has 2 rings (SSSR count). The van der Waals surface area contributed by atoms with Gasteiger partial charge in [0.25, 0.3) is 0 Å². The first kappa shape index (κ1) is 13.2. The molecule has 1 aromatic rings. The van der Waals surface area contributed by atoms with E-state index in [0.717, 1.165) is 35.7 Å². The third kappa shape index (κ3) is 3.37. The molecule has 0 spiro atoms. The second-order valence-electron chi connectivity index (χ2n) is 4.23. The van der Waals surface area contributed by atoms with Gasteiger partial charge in [-0.1, -0.05) is 18.2 Å². The Bertz CT molecular complexity index is 428. The van der Waals surface area contributed by atoms with Crippen molar-refractivity contribution in [3.63, 3.8) is 0 Å². The number of thioether (sulfide) groups is 1. The quantitative estimate of drug-likeness (QED) is 0.633. The van der Waals surface area contributed by atoms with Crippen LogP contribution in [-0.2, 0) is 4.79 Å². The molecule has 18 heavy (non-hydrogen) atoms. The molecule has 0 aliphatic carbocycles. The number of anilines is 1. The van der Waals surface area contributed by atoms with E-state index in [1.165, 1.54) is 0 Å². The van der Waals surface area contributed by atoms with E-state index >= 15 is 0 Å². The summed E-state index contributed by atoms with van der Waals surface area (Å²) < 4.78 is 0. The van der Waals surface area contributed by atoms with E-state index in [4.69, 9.17) is 0 Å². The Balaban J connectivity index is 2.03. The molecule has 0 radical (unpaired) electrons. The van der Waals surface area contributed by atoms with Crippen LogP contribution in [0.2, 0.25) is 0 Å². The lowest BCUT2D eigenvalue weighted by atomic mass is 10.2. The van der Waals surface area contributed by atoms with Gasteiger partial charge in [0.1, 0.15) is 0 Å². The first-order valence-electron chi connectivity index (χ1n) is 6.18.